The molecular weight excluding hydrogens is 933 g/mol. The van der Waals surface area contributed by atoms with Gasteiger partial charge in [0, 0.05) is 44.8 Å². The molecular formula is C46H80NO21P. The third-order valence-electron chi connectivity index (χ3n) is 13.4. The Bertz CT molecular complexity index is 1720. The maximum absolute atomic E-state index is 13.8. The van der Waals surface area contributed by atoms with Crippen LogP contribution in [0.4, 0.5) is 0 Å². The summed E-state index contributed by atoms with van der Waals surface area (Å²) in [5, 5.41) is 55.8. The lowest BCUT2D eigenvalue weighted by molar-refractivity contribution is -0.341. The first kappa shape index (κ1) is 61.1. The highest BCUT2D eigenvalue weighted by Crippen LogP contribution is 2.38. The SMILES string of the molecule is CC[C@H]1OC(=O)C[C@@H](O)[C@H](C)[C@@H](O[C@@H]2O[C@H](C)[C@@H](O[C@H]3C[C@@](C)(O)[C@@H](O)[C@H](C)O3)[C@H](N(C)C)[C@H]2O)[C@@H](CC=O)C[C@@H](C)C(=O)/C=C/C(C)=C\[C@@H]1CO[C@@H]1O[C@H](C)[C@@H](O)[C@@H](OC)[C@H]1OC.O=P(O)(O)O. The molecule has 400 valence electrons. The molecule has 3 saturated heterocycles. The van der Waals surface area contributed by atoms with E-state index >= 15 is 0 Å². The van der Waals surface area contributed by atoms with Gasteiger partial charge in [-0.05, 0) is 73.5 Å². The average Bonchev–Trinajstić information content (AvgIpc) is 3.25. The molecule has 21 atom stereocenters. The van der Waals surface area contributed by atoms with Crippen molar-refractivity contribution in [3.63, 3.8) is 0 Å². The number of nitrogens with zero attached hydrogens (tertiary/aromatic N) is 1. The van der Waals surface area contributed by atoms with E-state index in [0.29, 0.717) is 12.0 Å². The van der Waals surface area contributed by atoms with Crippen molar-refractivity contribution in [1.82, 2.24) is 4.90 Å². The second-order valence-corrected chi connectivity index (χ2v) is 20.3. The van der Waals surface area contributed by atoms with E-state index in [1.54, 1.807) is 59.7 Å². The van der Waals surface area contributed by atoms with Gasteiger partial charge in [-0.1, -0.05) is 38.5 Å². The summed E-state index contributed by atoms with van der Waals surface area (Å²) in [6, 6.07) is -0.748. The van der Waals surface area contributed by atoms with Gasteiger partial charge in [-0.3, -0.25) is 9.59 Å². The molecule has 22 nitrogen and oxygen atoms in total. The number of aliphatic hydroxyl groups excluding tert-OH is 4. The van der Waals surface area contributed by atoms with Gasteiger partial charge in [0.1, 0.15) is 49.0 Å². The van der Waals surface area contributed by atoms with Crippen LogP contribution in [0, 0.1) is 23.7 Å². The fraction of sp³-hybridized carbons (Fsp3) is 0.848. The molecule has 3 fully saturated rings. The number of methoxy groups -OCH3 is 2. The van der Waals surface area contributed by atoms with Gasteiger partial charge in [0.25, 0.3) is 0 Å². The number of likely N-dealkylation sites (N-methyl/N-ethyl adjacent to an activating group) is 1. The van der Waals surface area contributed by atoms with Crippen molar-refractivity contribution < 1.29 is 102 Å². The van der Waals surface area contributed by atoms with Crippen LogP contribution >= 0.6 is 7.82 Å². The minimum atomic E-state index is -4.64. The summed E-state index contributed by atoms with van der Waals surface area (Å²) in [5.74, 6) is -3.59. The minimum Gasteiger partial charge on any atom is -0.462 e. The summed E-state index contributed by atoms with van der Waals surface area (Å²) in [6.45, 7) is 13.6. The number of allylic oxidation sites excluding steroid dienone is 3. The van der Waals surface area contributed by atoms with Crippen LogP contribution < -0.4 is 0 Å². The highest BCUT2D eigenvalue weighted by atomic mass is 31.2. The molecule has 69 heavy (non-hydrogen) atoms. The molecule has 23 heteroatoms. The van der Waals surface area contributed by atoms with Gasteiger partial charge in [-0.15, -0.1) is 0 Å². The number of esters is 1. The smallest absolute Gasteiger partial charge is 0.462 e. The molecule has 0 aromatic heterocycles. The number of rotatable bonds is 13. The number of ketones is 1. The summed E-state index contributed by atoms with van der Waals surface area (Å²) in [6.07, 6.45) is -8.49. The first-order chi connectivity index (χ1) is 32.1. The molecule has 0 aromatic carbocycles. The molecule has 4 aliphatic heterocycles. The van der Waals surface area contributed by atoms with Crippen LogP contribution in [-0.2, 0) is 61.6 Å². The topological polar surface area (TPSA) is 316 Å². The summed E-state index contributed by atoms with van der Waals surface area (Å²) in [5.41, 5.74) is -0.806. The Kier molecular flexibility index (Phi) is 24.1. The molecule has 0 spiro atoms. The molecule has 8 N–H and O–H groups in total. The van der Waals surface area contributed by atoms with Crippen LogP contribution in [0.1, 0.15) is 87.5 Å². The second-order valence-electron chi connectivity index (χ2n) is 19.3. The van der Waals surface area contributed by atoms with Crippen molar-refractivity contribution in [3.8, 4) is 0 Å². The third kappa shape index (κ3) is 17.5. The average molecular weight is 1010 g/mol. The lowest BCUT2D eigenvalue weighted by Crippen LogP contribution is -2.65. The maximum atomic E-state index is 13.8. The van der Waals surface area contributed by atoms with Crippen LogP contribution in [0.5, 0.6) is 0 Å². The Morgan fingerprint density at radius 1 is 0.855 bits per heavy atom. The van der Waals surface area contributed by atoms with E-state index in [9.17, 15) is 39.9 Å². The van der Waals surface area contributed by atoms with Gasteiger partial charge < -0.3 is 92.5 Å². The summed E-state index contributed by atoms with van der Waals surface area (Å²) in [7, 11) is 1.79. The number of carbonyl (C=O) groups is 3. The zero-order valence-corrected chi connectivity index (χ0v) is 42.8. The lowest BCUT2D eigenvalue weighted by atomic mass is 9.79. The fourth-order valence-corrected chi connectivity index (χ4v) is 9.51. The molecule has 0 radical (unpaired) electrons. The van der Waals surface area contributed by atoms with Crippen molar-refractivity contribution in [1.29, 1.82) is 0 Å². The van der Waals surface area contributed by atoms with Crippen molar-refractivity contribution in [2.75, 3.05) is 34.9 Å². The number of aldehydes is 1. The van der Waals surface area contributed by atoms with E-state index in [1.807, 2.05) is 19.9 Å². The van der Waals surface area contributed by atoms with Crippen LogP contribution in [0.15, 0.2) is 23.8 Å². The normalized spacial score (nSPS) is 43.5. The van der Waals surface area contributed by atoms with E-state index in [-0.39, 0.29) is 31.7 Å². The third-order valence-corrected chi connectivity index (χ3v) is 13.4. The first-order valence-electron chi connectivity index (χ1n) is 23.5. The predicted octanol–water partition coefficient (Wildman–Crippen LogP) is 0.905. The fourth-order valence-electron chi connectivity index (χ4n) is 9.51. The van der Waals surface area contributed by atoms with Crippen molar-refractivity contribution in [2.45, 2.75) is 191 Å². The molecule has 0 aromatic rings. The highest BCUT2D eigenvalue weighted by Gasteiger charge is 2.52. The summed E-state index contributed by atoms with van der Waals surface area (Å²) < 4.78 is 63.6. The Hall–Kier alpha value is -2.16. The van der Waals surface area contributed by atoms with E-state index in [2.05, 4.69) is 0 Å². The van der Waals surface area contributed by atoms with Crippen LogP contribution in [0.3, 0.4) is 0 Å². The van der Waals surface area contributed by atoms with Crippen LogP contribution in [0.25, 0.3) is 0 Å². The van der Waals surface area contributed by atoms with Gasteiger partial charge >= 0.3 is 13.8 Å². The van der Waals surface area contributed by atoms with Crippen molar-refractivity contribution in [3.05, 3.63) is 23.8 Å². The largest absolute Gasteiger partial charge is 0.466 e. The highest BCUT2D eigenvalue weighted by molar-refractivity contribution is 7.45. The summed E-state index contributed by atoms with van der Waals surface area (Å²) >= 11 is 0. The number of hydrogen-bond acceptors (Lipinski definition) is 19. The van der Waals surface area contributed by atoms with Crippen LogP contribution in [-0.4, -0.2) is 202 Å². The van der Waals surface area contributed by atoms with E-state index in [4.69, 9.17) is 61.9 Å². The molecule has 4 heterocycles. The van der Waals surface area contributed by atoms with Gasteiger partial charge in [0.15, 0.2) is 24.7 Å². The van der Waals surface area contributed by atoms with Crippen molar-refractivity contribution >= 4 is 25.9 Å². The Balaban J connectivity index is 0.00000239. The minimum absolute atomic E-state index is 0.00788. The Morgan fingerprint density at radius 3 is 2.01 bits per heavy atom. The zero-order chi connectivity index (χ0) is 52.3. The quantitative estimate of drug-likeness (QED) is 0.0722. The zero-order valence-electron chi connectivity index (χ0n) is 41.9. The standard InChI is InChI=1S/C46H77NO17.H3O4P/c1-13-33-30(22-58-45-42(57-12)41(56-11)37(52)26(5)60-45)18-23(2)14-15-31(49)24(3)19-29(16-17-48)39(25(4)32(50)20-34(51)62-33)64-44-38(53)36(47(9)10)40(27(6)61-44)63-35-21-46(8,55)43(54)28(7)59-35;1-5(2,3)4/h14-15,17-18,24-30,32-33,35-45,50,52-55H,13,16,19-22H2,1-12H3;(H3,1,2,3,4)/b15-14+,23-18-;/t24-,25+,26-,27-,28+,29+,30-,32-,33-,35+,36-,37-,38-,39-,40-,41-,42-,43+,44+,45-,46-;/m1./s1. The number of cyclic esters (lactones) is 1. The van der Waals surface area contributed by atoms with Gasteiger partial charge in [0.05, 0.1) is 55.2 Å². The molecule has 0 bridgehead atoms. The number of hydrogen-bond donors (Lipinski definition) is 8. The summed E-state index contributed by atoms with van der Waals surface area (Å²) in [4.78, 5) is 63.1. The van der Waals surface area contributed by atoms with Crippen LogP contribution in [0.2, 0.25) is 0 Å². The lowest BCUT2D eigenvalue weighted by Gasteiger charge is -2.50. The molecule has 0 amide bonds. The monoisotopic (exact) mass is 1010 g/mol. The number of aliphatic hydroxyl groups is 5. The Labute approximate surface area is 405 Å². The second kappa shape index (κ2) is 27.2. The van der Waals surface area contributed by atoms with Crippen molar-refractivity contribution in [2.24, 2.45) is 23.7 Å². The van der Waals surface area contributed by atoms with Gasteiger partial charge in [-0.2, -0.15) is 0 Å². The molecule has 0 unspecified atom stereocenters. The van der Waals surface area contributed by atoms with E-state index < -0.39 is 148 Å². The Morgan fingerprint density at radius 2 is 1.46 bits per heavy atom. The molecule has 4 aliphatic rings. The maximum Gasteiger partial charge on any atom is 0.466 e. The number of carbonyl (C=O) groups excluding carboxylic acids is 3. The molecule has 0 saturated carbocycles. The predicted molar refractivity (Wildman–Crippen MR) is 245 cm³/mol. The van der Waals surface area contributed by atoms with Gasteiger partial charge in [-0.25, -0.2) is 4.57 Å². The van der Waals surface area contributed by atoms with E-state index in [0.717, 1.165) is 6.29 Å². The first-order valence-corrected chi connectivity index (χ1v) is 25.0. The molecule has 4 rings (SSSR count). The number of ether oxygens (including phenoxy) is 9. The number of phosphoric acid groups is 1. The van der Waals surface area contributed by atoms with Gasteiger partial charge in [0.2, 0.25) is 0 Å². The van der Waals surface area contributed by atoms with E-state index in [1.165, 1.54) is 27.2 Å². The molecule has 0 aliphatic carbocycles.